The fraction of sp³-hybridized carbons (Fsp3) is 0.405. The molecule has 282 valence electrons. The lowest BCUT2D eigenvalue weighted by atomic mass is 9.83. The number of hydrogen-bond acceptors (Lipinski definition) is 10. The number of imide groups is 1. The van der Waals surface area contributed by atoms with Crippen molar-refractivity contribution in [3.63, 3.8) is 0 Å². The number of rotatable bonds is 13. The van der Waals surface area contributed by atoms with E-state index in [-0.39, 0.29) is 24.9 Å². The molecule has 4 aromatic rings. The summed E-state index contributed by atoms with van der Waals surface area (Å²) >= 11 is 0. The van der Waals surface area contributed by atoms with Crippen molar-refractivity contribution in [2.24, 2.45) is 0 Å². The van der Waals surface area contributed by atoms with Gasteiger partial charge in [-0.15, -0.1) is 0 Å². The summed E-state index contributed by atoms with van der Waals surface area (Å²) in [5.41, 5.74) is 5.27. The number of likely N-dealkylation sites (tertiary alicyclic amines) is 1. The Kier molecular flexibility index (Phi) is 11.5. The molecule has 0 saturated carbocycles. The zero-order chi connectivity index (χ0) is 37.5. The lowest BCUT2D eigenvalue weighted by Gasteiger charge is -2.39. The van der Waals surface area contributed by atoms with Crippen LogP contribution in [0.4, 0.5) is 11.6 Å². The lowest BCUT2D eigenvalue weighted by Crippen LogP contribution is -2.51. The topological polar surface area (TPSA) is 140 Å². The quantitative estimate of drug-likeness (QED) is 0.131. The van der Waals surface area contributed by atoms with Crippen LogP contribution in [-0.4, -0.2) is 81.4 Å². The summed E-state index contributed by atoms with van der Waals surface area (Å²) in [6, 6.07) is 26.2. The average molecular weight is 732 g/mol. The van der Waals surface area contributed by atoms with Crippen molar-refractivity contribution in [2.45, 2.75) is 82.8 Å². The van der Waals surface area contributed by atoms with Crippen LogP contribution in [0.2, 0.25) is 0 Å². The second kappa shape index (κ2) is 16.8. The van der Waals surface area contributed by atoms with Gasteiger partial charge in [-0.1, -0.05) is 60.7 Å². The van der Waals surface area contributed by atoms with Gasteiger partial charge in [0, 0.05) is 69.7 Å². The first kappa shape index (κ1) is 37.0. The molecule has 0 spiro atoms. The molecule has 1 unspecified atom stereocenters. The maximum atomic E-state index is 12.4. The Hall–Kier alpha value is -5.33. The predicted octanol–water partition coefficient (Wildman–Crippen LogP) is 4.69. The molecular weight excluding hydrogens is 683 g/mol. The molecule has 0 bridgehead atoms. The van der Waals surface area contributed by atoms with Crippen molar-refractivity contribution in [2.75, 3.05) is 36.4 Å². The van der Waals surface area contributed by atoms with Gasteiger partial charge in [-0.2, -0.15) is 4.98 Å². The van der Waals surface area contributed by atoms with Gasteiger partial charge < -0.3 is 25.0 Å². The molecule has 3 amide bonds. The lowest BCUT2D eigenvalue weighted by molar-refractivity contribution is -0.141. The van der Waals surface area contributed by atoms with Crippen LogP contribution in [0.15, 0.2) is 85.1 Å². The number of nitrogens with zero attached hydrogens (tertiary/aromatic N) is 5. The smallest absolute Gasteiger partial charge is 0.249 e. The Labute approximate surface area is 316 Å². The minimum atomic E-state index is -0.977. The van der Waals surface area contributed by atoms with Gasteiger partial charge in [0.1, 0.15) is 12.6 Å². The fourth-order valence-corrected chi connectivity index (χ4v) is 7.68. The van der Waals surface area contributed by atoms with Crippen LogP contribution < -0.4 is 20.3 Å². The summed E-state index contributed by atoms with van der Waals surface area (Å²) in [5, 5.41) is 17.6. The second-order valence-corrected chi connectivity index (χ2v) is 14.8. The van der Waals surface area contributed by atoms with Gasteiger partial charge in [0.15, 0.2) is 0 Å². The van der Waals surface area contributed by atoms with Crippen molar-refractivity contribution in [1.82, 2.24) is 25.1 Å². The van der Waals surface area contributed by atoms with Gasteiger partial charge in [0.05, 0.1) is 5.60 Å². The van der Waals surface area contributed by atoms with Gasteiger partial charge in [0.2, 0.25) is 30.1 Å². The van der Waals surface area contributed by atoms with Crippen LogP contribution in [0.1, 0.15) is 66.3 Å². The largest absolute Gasteiger partial charge is 0.473 e. The minimum Gasteiger partial charge on any atom is -0.473 e. The Morgan fingerprint density at radius 2 is 1.72 bits per heavy atom. The standard InChI is InChI=1S/C42H49N7O5/c1-30-7-10-34(25-33(30)27-49(29-50)37-13-14-38(51)45-40(37)52)42(53)18-23-47(24-19-42)26-31-8-11-36(12-9-31)48-21-16-35(17-22-48)44-41-43-20-15-39(46-41)54-28-32-5-3-2-4-6-32/h2-12,15,20,25,29,35,37,53H,13-14,16-19,21-24,26-28H2,1H3,(H,43,44,46)(H,45,51,52). The molecule has 0 radical (unpaired) electrons. The molecule has 3 aliphatic rings. The summed E-state index contributed by atoms with van der Waals surface area (Å²) in [5.74, 6) is 0.395. The van der Waals surface area contributed by atoms with E-state index in [9.17, 15) is 19.5 Å². The number of carbonyl (C=O) groups is 3. The highest BCUT2D eigenvalue weighted by atomic mass is 16.5. The summed E-state index contributed by atoms with van der Waals surface area (Å²) in [6.07, 6.45) is 6.07. The number of anilines is 2. The van der Waals surface area contributed by atoms with Gasteiger partial charge in [0.25, 0.3) is 0 Å². The average Bonchev–Trinajstić information content (AvgIpc) is 3.19. The molecule has 3 aliphatic heterocycles. The van der Waals surface area contributed by atoms with Crippen LogP contribution in [-0.2, 0) is 39.7 Å². The van der Waals surface area contributed by atoms with E-state index >= 15 is 0 Å². The number of ether oxygens (including phenoxy) is 1. The van der Waals surface area contributed by atoms with E-state index < -0.39 is 17.6 Å². The fourth-order valence-electron chi connectivity index (χ4n) is 7.68. The zero-order valence-electron chi connectivity index (χ0n) is 30.8. The van der Waals surface area contributed by atoms with Gasteiger partial charge in [-0.25, -0.2) is 4.98 Å². The van der Waals surface area contributed by atoms with Crippen LogP contribution in [0.5, 0.6) is 5.88 Å². The van der Waals surface area contributed by atoms with Crippen LogP contribution in [0.3, 0.4) is 0 Å². The first-order valence-corrected chi connectivity index (χ1v) is 18.9. The van der Waals surface area contributed by atoms with E-state index in [1.165, 1.54) is 16.2 Å². The van der Waals surface area contributed by atoms with Crippen molar-refractivity contribution >= 4 is 29.9 Å². The number of aromatic nitrogens is 2. The number of aryl methyl sites for hydroxylation is 1. The molecule has 12 nitrogen and oxygen atoms in total. The van der Waals surface area contributed by atoms with Gasteiger partial charge in [-0.05, 0) is 79.0 Å². The Bertz CT molecular complexity index is 1910. The minimum absolute atomic E-state index is 0.206. The van der Waals surface area contributed by atoms with E-state index in [2.05, 4.69) is 54.7 Å². The second-order valence-electron chi connectivity index (χ2n) is 14.8. The number of carbonyl (C=O) groups excluding carboxylic acids is 3. The summed E-state index contributed by atoms with van der Waals surface area (Å²) in [6.45, 7) is 6.87. The normalized spacial score (nSPS) is 19.2. The van der Waals surface area contributed by atoms with Crippen molar-refractivity contribution in [1.29, 1.82) is 0 Å². The monoisotopic (exact) mass is 731 g/mol. The first-order chi connectivity index (χ1) is 26.2. The number of nitrogens with one attached hydrogen (secondary N) is 2. The molecule has 12 heteroatoms. The summed E-state index contributed by atoms with van der Waals surface area (Å²) < 4.78 is 5.88. The molecule has 1 atom stereocenters. The zero-order valence-corrected chi connectivity index (χ0v) is 30.8. The SMILES string of the molecule is Cc1ccc(C2(O)CCN(Cc3ccc(N4CCC(Nc5nccc(OCc6ccccc6)n5)CC4)cc3)CC2)cc1CN(C=O)C1CCC(=O)NC1=O. The Balaban J connectivity index is 0.869. The van der Waals surface area contributed by atoms with Gasteiger partial charge >= 0.3 is 0 Å². The van der Waals surface area contributed by atoms with E-state index in [0.717, 1.165) is 67.8 Å². The van der Waals surface area contributed by atoms with Crippen molar-refractivity contribution in [3.8, 4) is 5.88 Å². The molecule has 3 N–H and O–H groups in total. The molecule has 0 aliphatic carbocycles. The van der Waals surface area contributed by atoms with E-state index in [4.69, 9.17) is 4.74 Å². The third-order valence-electron chi connectivity index (χ3n) is 11.1. The molecule has 4 heterocycles. The maximum Gasteiger partial charge on any atom is 0.249 e. The van der Waals surface area contributed by atoms with Gasteiger partial charge in [-0.3, -0.25) is 24.6 Å². The third-order valence-corrected chi connectivity index (χ3v) is 11.1. The molecule has 3 saturated heterocycles. The highest BCUT2D eigenvalue weighted by Gasteiger charge is 2.35. The Morgan fingerprint density at radius 3 is 2.44 bits per heavy atom. The van der Waals surface area contributed by atoms with Crippen LogP contribution in [0.25, 0.3) is 0 Å². The number of piperidine rings is 3. The van der Waals surface area contributed by atoms with E-state index in [1.54, 1.807) is 12.3 Å². The van der Waals surface area contributed by atoms with E-state index in [0.29, 0.717) is 44.1 Å². The molecule has 3 aromatic carbocycles. The molecular formula is C42H49N7O5. The highest BCUT2D eigenvalue weighted by molar-refractivity contribution is 6.00. The van der Waals surface area contributed by atoms with Crippen LogP contribution in [0, 0.1) is 6.92 Å². The maximum absolute atomic E-state index is 12.4. The van der Waals surface area contributed by atoms with Crippen LogP contribution >= 0.6 is 0 Å². The van der Waals surface area contributed by atoms with Crippen molar-refractivity contribution in [3.05, 3.63) is 113 Å². The molecule has 1 aromatic heterocycles. The number of benzene rings is 3. The molecule has 3 fully saturated rings. The third kappa shape index (κ3) is 9.06. The Morgan fingerprint density at radius 1 is 0.963 bits per heavy atom. The number of hydrogen-bond donors (Lipinski definition) is 3. The number of amides is 3. The predicted molar refractivity (Wildman–Crippen MR) is 205 cm³/mol. The first-order valence-electron chi connectivity index (χ1n) is 18.9. The van der Waals surface area contributed by atoms with Crippen molar-refractivity contribution < 1.29 is 24.2 Å². The summed E-state index contributed by atoms with van der Waals surface area (Å²) in [7, 11) is 0. The number of aliphatic hydroxyl groups is 1. The molecule has 54 heavy (non-hydrogen) atoms. The van der Waals surface area contributed by atoms with E-state index in [1.807, 2.05) is 55.5 Å². The molecule has 7 rings (SSSR count). The highest BCUT2D eigenvalue weighted by Crippen LogP contribution is 2.35. The summed E-state index contributed by atoms with van der Waals surface area (Å²) in [4.78, 5) is 51.3.